The summed E-state index contributed by atoms with van der Waals surface area (Å²) < 4.78 is 4.93. The fourth-order valence-corrected chi connectivity index (χ4v) is 2.54. The second kappa shape index (κ2) is 9.86. The Hall–Kier alpha value is -2.31. The molecule has 0 aliphatic heterocycles. The Bertz CT molecular complexity index is 707. The standard InChI is InChI=1S/C15H16ClN3O5S/c1-9(8-17)24-15(21)13(5-6-25-2)18-14(20)11-4-3-10(19(22)23)7-12(11)16/h3-4,7,9,13H,5-6H2,1-2H3,(H,18,20)/t9-,13+/m1/s1. The summed E-state index contributed by atoms with van der Waals surface area (Å²) in [4.78, 5) is 34.5. The van der Waals surface area contributed by atoms with E-state index in [0.29, 0.717) is 12.2 Å². The zero-order valence-corrected chi connectivity index (χ0v) is 15.1. The molecule has 0 bridgehead atoms. The number of hydrogen-bond acceptors (Lipinski definition) is 7. The summed E-state index contributed by atoms with van der Waals surface area (Å²) in [5, 5.41) is 21.8. The van der Waals surface area contributed by atoms with Gasteiger partial charge in [-0.05, 0) is 31.4 Å². The van der Waals surface area contributed by atoms with Crippen molar-refractivity contribution in [1.82, 2.24) is 5.32 Å². The van der Waals surface area contributed by atoms with E-state index < -0.39 is 28.9 Å². The predicted octanol–water partition coefficient (Wildman–Crippen LogP) is 2.55. The largest absolute Gasteiger partial charge is 0.446 e. The van der Waals surface area contributed by atoms with E-state index >= 15 is 0 Å². The Labute approximate surface area is 153 Å². The second-order valence-electron chi connectivity index (χ2n) is 4.94. The zero-order chi connectivity index (χ0) is 19.0. The van der Waals surface area contributed by atoms with Crippen LogP contribution in [0.5, 0.6) is 0 Å². The van der Waals surface area contributed by atoms with Gasteiger partial charge in [-0.25, -0.2) is 4.79 Å². The molecule has 8 nitrogen and oxygen atoms in total. The molecule has 0 aliphatic rings. The summed E-state index contributed by atoms with van der Waals surface area (Å²) in [5.41, 5.74) is -0.245. The lowest BCUT2D eigenvalue weighted by atomic mass is 10.1. The van der Waals surface area contributed by atoms with Crippen LogP contribution in [0.1, 0.15) is 23.7 Å². The van der Waals surface area contributed by atoms with Crippen molar-refractivity contribution in [3.63, 3.8) is 0 Å². The summed E-state index contributed by atoms with van der Waals surface area (Å²) in [6, 6.07) is 4.23. The number of nitrogens with zero attached hydrogens (tertiary/aromatic N) is 2. The molecule has 0 radical (unpaired) electrons. The molecular weight excluding hydrogens is 370 g/mol. The van der Waals surface area contributed by atoms with Gasteiger partial charge in [-0.1, -0.05) is 11.6 Å². The smallest absolute Gasteiger partial charge is 0.329 e. The number of halogens is 1. The van der Waals surface area contributed by atoms with E-state index in [1.165, 1.54) is 24.8 Å². The van der Waals surface area contributed by atoms with Gasteiger partial charge >= 0.3 is 5.97 Å². The van der Waals surface area contributed by atoms with Crippen LogP contribution in [0.25, 0.3) is 0 Å². The maximum Gasteiger partial charge on any atom is 0.329 e. The highest BCUT2D eigenvalue weighted by molar-refractivity contribution is 7.98. The third-order valence-corrected chi connectivity index (χ3v) is 4.04. The van der Waals surface area contributed by atoms with Gasteiger partial charge in [0.1, 0.15) is 12.1 Å². The molecule has 0 aromatic heterocycles. The van der Waals surface area contributed by atoms with E-state index in [1.807, 2.05) is 6.26 Å². The van der Waals surface area contributed by atoms with Crippen LogP contribution in [0.3, 0.4) is 0 Å². The summed E-state index contributed by atoms with van der Waals surface area (Å²) in [6.45, 7) is 1.42. The SMILES string of the molecule is CSCC[C@H](NC(=O)c1ccc([N+](=O)[O-])cc1Cl)C(=O)O[C@H](C)C#N. The number of non-ortho nitro benzene ring substituents is 1. The van der Waals surface area contributed by atoms with Crippen LogP contribution in [0.4, 0.5) is 5.69 Å². The third kappa shape index (κ3) is 6.25. The van der Waals surface area contributed by atoms with E-state index in [0.717, 1.165) is 12.1 Å². The lowest BCUT2D eigenvalue weighted by Gasteiger charge is -2.18. The topological polar surface area (TPSA) is 122 Å². The number of ether oxygens (including phenoxy) is 1. The van der Waals surface area contributed by atoms with Gasteiger partial charge < -0.3 is 10.1 Å². The number of carbonyl (C=O) groups excluding carboxylic acids is 2. The summed E-state index contributed by atoms with van der Waals surface area (Å²) in [6.07, 6.45) is 1.20. The Morgan fingerprint density at radius 3 is 2.72 bits per heavy atom. The first-order valence-corrected chi connectivity index (χ1v) is 8.91. The summed E-state index contributed by atoms with van der Waals surface area (Å²) >= 11 is 7.39. The van der Waals surface area contributed by atoms with Gasteiger partial charge in [0.25, 0.3) is 11.6 Å². The van der Waals surface area contributed by atoms with E-state index in [2.05, 4.69) is 5.32 Å². The lowest BCUT2D eigenvalue weighted by molar-refractivity contribution is -0.384. The van der Waals surface area contributed by atoms with Gasteiger partial charge in [-0.2, -0.15) is 17.0 Å². The highest BCUT2D eigenvalue weighted by atomic mass is 35.5. The number of thioether (sulfide) groups is 1. The van der Waals surface area contributed by atoms with Crippen LogP contribution in [0.2, 0.25) is 5.02 Å². The minimum absolute atomic E-state index is 0.00236. The number of nitriles is 1. The Balaban J connectivity index is 2.92. The molecule has 1 N–H and O–H groups in total. The Morgan fingerprint density at radius 1 is 1.52 bits per heavy atom. The van der Waals surface area contributed by atoms with Crippen LogP contribution in [0, 0.1) is 21.4 Å². The van der Waals surface area contributed by atoms with Gasteiger partial charge in [-0.3, -0.25) is 14.9 Å². The van der Waals surface area contributed by atoms with Crippen molar-refractivity contribution >= 4 is 40.9 Å². The average molecular weight is 386 g/mol. The predicted molar refractivity (Wildman–Crippen MR) is 93.5 cm³/mol. The molecule has 0 aliphatic carbocycles. The van der Waals surface area contributed by atoms with Crippen LogP contribution in [-0.2, 0) is 9.53 Å². The first kappa shape index (κ1) is 20.7. The molecular formula is C15H16ClN3O5S. The van der Waals surface area contributed by atoms with Gasteiger partial charge in [0, 0.05) is 12.1 Å². The van der Waals surface area contributed by atoms with Crippen molar-refractivity contribution in [3.05, 3.63) is 38.9 Å². The molecule has 0 unspecified atom stereocenters. The van der Waals surface area contributed by atoms with E-state index in [4.69, 9.17) is 21.6 Å². The molecule has 0 heterocycles. The zero-order valence-electron chi connectivity index (χ0n) is 13.5. The van der Waals surface area contributed by atoms with Gasteiger partial charge in [0.2, 0.25) is 0 Å². The van der Waals surface area contributed by atoms with Crippen molar-refractivity contribution in [2.24, 2.45) is 0 Å². The number of esters is 1. The minimum atomic E-state index is -0.956. The first-order valence-electron chi connectivity index (χ1n) is 7.14. The van der Waals surface area contributed by atoms with Crippen molar-refractivity contribution < 1.29 is 19.2 Å². The van der Waals surface area contributed by atoms with Gasteiger partial charge in [0.15, 0.2) is 6.10 Å². The normalized spacial score (nSPS) is 12.6. The van der Waals surface area contributed by atoms with Crippen molar-refractivity contribution in [1.29, 1.82) is 5.26 Å². The molecule has 0 saturated heterocycles. The second-order valence-corrected chi connectivity index (χ2v) is 6.33. The van der Waals surface area contributed by atoms with E-state index in [-0.39, 0.29) is 16.3 Å². The number of nitro groups is 1. The van der Waals surface area contributed by atoms with Gasteiger partial charge in [-0.15, -0.1) is 0 Å². The fraction of sp³-hybridized carbons (Fsp3) is 0.400. The maximum absolute atomic E-state index is 12.3. The molecule has 1 aromatic rings. The summed E-state index contributed by atoms with van der Waals surface area (Å²) in [5.74, 6) is -0.809. The van der Waals surface area contributed by atoms with Crippen LogP contribution in [-0.4, -0.2) is 41.0 Å². The average Bonchev–Trinajstić information content (AvgIpc) is 2.57. The van der Waals surface area contributed by atoms with Crippen LogP contribution in [0.15, 0.2) is 18.2 Å². The molecule has 1 aromatic carbocycles. The minimum Gasteiger partial charge on any atom is -0.446 e. The third-order valence-electron chi connectivity index (χ3n) is 3.08. The number of nitro benzene ring substituents is 1. The fourth-order valence-electron chi connectivity index (χ4n) is 1.81. The van der Waals surface area contributed by atoms with Crippen LogP contribution >= 0.6 is 23.4 Å². The maximum atomic E-state index is 12.3. The molecule has 0 saturated carbocycles. The molecule has 2 atom stereocenters. The highest BCUT2D eigenvalue weighted by Gasteiger charge is 2.25. The molecule has 1 amide bonds. The summed E-state index contributed by atoms with van der Waals surface area (Å²) in [7, 11) is 0. The molecule has 10 heteroatoms. The number of nitrogens with one attached hydrogen (secondary N) is 1. The number of carbonyl (C=O) groups is 2. The van der Waals surface area contributed by atoms with E-state index in [9.17, 15) is 19.7 Å². The van der Waals surface area contributed by atoms with E-state index in [1.54, 1.807) is 6.07 Å². The first-order chi connectivity index (χ1) is 11.8. The Kier molecular flexibility index (Phi) is 8.18. The van der Waals surface area contributed by atoms with Crippen LogP contribution < -0.4 is 5.32 Å². The number of amides is 1. The molecule has 25 heavy (non-hydrogen) atoms. The lowest BCUT2D eigenvalue weighted by Crippen LogP contribution is -2.43. The quantitative estimate of drug-likeness (QED) is 0.414. The number of hydrogen-bond donors (Lipinski definition) is 1. The number of benzene rings is 1. The monoisotopic (exact) mass is 385 g/mol. The molecule has 134 valence electrons. The van der Waals surface area contributed by atoms with Crippen molar-refractivity contribution in [2.45, 2.75) is 25.5 Å². The molecule has 1 rings (SSSR count). The molecule has 0 spiro atoms. The highest BCUT2D eigenvalue weighted by Crippen LogP contribution is 2.22. The van der Waals surface area contributed by atoms with Gasteiger partial charge in [0.05, 0.1) is 15.5 Å². The molecule has 0 fully saturated rings. The number of rotatable bonds is 8. The van der Waals surface area contributed by atoms with Crippen molar-refractivity contribution in [2.75, 3.05) is 12.0 Å². The Morgan fingerprint density at radius 2 is 2.20 bits per heavy atom. The van der Waals surface area contributed by atoms with Crippen molar-refractivity contribution in [3.8, 4) is 6.07 Å².